The number of rotatable bonds is 4. The van der Waals surface area contributed by atoms with Crippen molar-refractivity contribution >= 4 is 50.7 Å². The molecule has 0 spiro atoms. The minimum absolute atomic E-state index is 0.0540. The quantitative estimate of drug-likeness (QED) is 0.255. The number of aryl methyl sites for hydroxylation is 1. The Balaban J connectivity index is 1.33. The number of benzene rings is 3. The summed E-state index contributed by atoms with van der Waals surface area (Å²) in [7, 11) is 0. The highest BCUT2D eigenvalue weighted by Gasteiger charge is 2.27. The van der Waals surface area contributed by atoms with Crippen LogP contribution in [0.3, 0.4) is 0 Å². The van der Waals surface area contributed by atoms with Crippen LogP contribution in [0.15, 0.2) is 78.9 Å². The molecule has 0 unspecified atom stereocenters. The zero-order chi connectivity index (χ0) is 22.8. The largest absolute Gasteiger partial charge is 0.333 e. The average molecular weight is 452 g/mol. The van der Waals surface area contributed by atoms with Crippen molar-refractivity contribution in [2.45, 2.75) is 12.8 Å². The zero-order valence-corrected chi connectivity index (χ0v) is 18.2. The SMILES string of the molecule is O=C(CCc1ccc(C#Cc2c3ccccc3cc3ccccc23)s1)ON1C(=O)C=CC1=O. The lowest BCUT2D eigenvalue weighted by atomic mass is 9.97. The number of imide groups is 1. The van der Waals surface area contributed by atoms with Crippen LogP contribution in [0.25, 0.3) is 21.5 Å². The molecule has 0 bridgehead atoms. The normalized spacial score (nSPS) is 12.9. The van der Waals surface area contributed by atoms with Gasteiger partial charge in [-0.25, -0.2) is 4.79 Å². The van der Waals surface area contributed by atoms with Gasteiger partial charge in [0.1, 0.15) is 0 Å². The van der Waals surface area contributed by atoms with Crippen LogP contribution in [0.2, 0.25) is 0 Å². The van der Waals surface area contributed by atoms with Crippen LogP contribution in [-0.2, 0) is 25.6 Å². The van der Waals surface area contributed by atoms with Crippen LogP contribution in [0.4, 0.5) is 0 Å². The van der Waals surface area contributed by atoms with Gasteiger partial charge in [-0.1, -0.05) is 65.4 Å². The van der Waals surface area contributed by atoms with E-state index in [0.717, 1.165) is 49.0 Å². The summed E-state index contributed by atoms with van der Waals surface area (Å²) in [6.07, 6.45) is 2.63. The van der Waals surface area contributed by atoms with Crippen LogP contribution >= 0.6 is 11.3 Å². The second-order valence-corrected chi connectivity index (χ2v) is 8.65. The Morgan fingerprint density at radius 2 is 1.48 bits per heavy atom. The molecular formula is C27H17NO4S. The number of fused-ring (bicyclic) bond motifs is 2. The zero-order valence-electron chi connectivity index (χ0n) is 17.4. The number of carbonyl (C=O) groups is 3. The van der Waals surface area contributed by atoms with Crippen molar-refractivity contribution in [2.75, 3.05) is 0 Å². The van der Waals surface area contributed by atoms with Crippen molar-refractivity contribution in [1.29, 1.82) is 0 Å². The molecule has 1 aromatic heterocycles. The molecule has 4 aromatic rings. The minimum atomic E-state index is -0.650. The summed E-state index contributed by atoms with van der Waals surface area (Å²) < 4.78 is 0. The molecule has 0 radical (unpaired) electrons. The Kier molecular flexibility index (Phi) is 5.47. The highest BCUT2D eigenvalue weighted by Crippen LogP contribution is 2.28. The first-order valence-corrected chi connectivity index (χ1v) is 11.2. The maximum atomic E-state index is 12.0. The molecule has 2 heterocycles. The van der Waals surface area contributed by atoms with Gasteiger partial charge < -0.3 is 4.84 Å². The number of hydrogen-bond acceptors (Lipinski definition) is 5. The van der Waals surface area contributed by atoms with E-state index >= 15 is 0 Å². The smallest absolute Gasteiger partial charge is 0.330 e. The average Bonchev–Trinajstić information content (AvgIpc) is 3.42. The predicted molar refractivity (Wildman–Crippen MR) is 127 cm³/mol. The number of hydrogen-bond donors (Lipinski definition) is 0. The molecule has 0 aliphatic carbocycles. The Morgan fingerprint density at radius 1 is 0.848 bits per heavy atom. The molecule has 2 amide bonds. The summed E-state index contributed by atoms with van der Waals surface area (Å²) in [5, 5.41) is 5.00. The van der Waals surface area contributed by atoms with Crippen LogP contribution in [0.5, 0.6) is 0 Å². The van der Waals surface area contributed by atoms with Crippen LogP contribution in [-0.4, -0.2) is 22.8 Å². The second kappa shape index (κ2) is 8.73. The standard InChI is InChI=1S/C27H17NO4S/c29-25-14-15-26(30)28(25)32-27(31)16-12-21-10-9-20(33-21)11-13-24-22-7-3-1-5-18(22)17-19-6-2-4-8-23(19)24/h1-10,14-15,17H,12,16H2. The topological polar surface area (TPSA) is 63.7 Å². The summed E-state index contributed by atoms with van der Waals surface area (Å²) in [6.45, 7) is 0. The third kappa shape index (κ3) is 4.27. The Labute approximate surface area is 193 Å². The molecule has 0 saturated heterocycles. The maximum absolute atomic E-state index is 12.0. The molecule has 0 fully saturated rings. The van der Waals surface area contributed by atoms with Crippen molar-refractivity contribution in [3.63, 3.8) is 0 Å². The van der Waals surface area contributed by atoms with Gasteiger partial charge in [0.15, 0.2) is 0 Å². The fourth-order valence-corrected chi connectivity index (χ4v) is 4.56. The summed E-state index contributed by atoms with van der Waals surface area (Å²) in [6, 6.07) is 22.5. The van der Waals surface area contributed by atoms with Crippen molar-refractivity contribution < 1.29 is 19.2 Å². The van der Waals surface area contributed by atoms with E-state index in [1.165, 1.54) is 11.3 Å². The summed E-state index contributed by atoms with van der Waals surface area (Å²) in [5.74, 6) is 4.70. The van der Waals surface area contributed by atoms with E-state index in [2.05, 4.69) is 42.2 Å². The molecule has 1 aliphatic heterocycles. The van der Waals surface area contributed by atoms with Crippen LogP contribution in [0.1, 0.15) is 21.7 Å². The van der Waals surface area contributed by atoms with E-state index in [9.17, 15) is 14.4 Å². The third-order valence-electron chi connectivity index (χ3n) is 5.28. The molecule has 3 aromatic carbocycles. The number of hydroxylamine groups is 2. The highest BCUT2D eigenvalue weighted by molar-refractivity contribution is 7.12. The molecule has 0 atom stereocenters. The van der Waals surface area contributed by atoms with E-state index in [0.29, 0.717) is 11.5 Å². The first kappa shape index (κ1) is 20.7. The molecule has 1 aliphatic rings. The van der Waals surface area contributed by atoms with E-state index in [1.54, 1.807) is 0 Å². The van der Waals surface area contributed by atoms with E-state index in [1.807, 2.05) is 36.4 Å². The lowest BCUT2D eigenvalue weighted by Crippen LogP contribution is -2.32. The van der Waals surface area contributed by atoms with Gasteiger partial charge in [-0.2, -0.15) is 0 Å². The Hall–Kier alpha value is -4.21. The highest BCUT2D eigenvalue weighted by atomic mass is 32.1. The van der Waals surface area contributed by atoms with Gasteiger partial charge in [0.05, 0.1) is 11.3 Å². The minimum Gasteiger partial charge on any atom is -0.330 e. The number of nitrogens with zero attached hydrogens (tertiary/aromatic N) is 1. The van der Waals surface area contributed by atoms with Gasteiger partial charge in [0.25, 0.3) is 11.8 Å². The van der Waals surface area contributed by atoms with Crippen LogP contribution in [0, 0.1) is 11.8 Å². The van der Waals surface area contributed by atoms with Gasteiger partial charge in [0, 0.05) is 22.6 Å². The molecule has 0 saturated carbocycles. The first-order chi connectivity index (χ1) is 16.1. The number of thiophene rings is 1. The summed E-state index contributed by atoms with van der Waals surface area (Å²) in [4.78, 5) is 41.7. The monoisotopic (exact) mass is 451 g/mol. The van der Waals surface area contributed by atoms with Gasteiger partial charge in [-0.3, -0.25) is 9.59 Å². The third-order valence-corrected chi connectivity index (χ3v) is 6.34. The van der Waals surface area contributed by atoms with Gasteiger partial charge in [-0.05, 0) is 46.2 Å². The fourth-order valence-electron chi connectivity index (χ4n) is 3.70. The van der Waals surface area contributed by atoms with Crippen molar-refractivity contribution in [3.8, 4) is 11.8 Å². The molecular weight excluding hydrogens is 434 g/mol. The Bertz CT molecular complexity index is 1450. The summed E-state index contributed by atoms with van der Waals surface area (Å²) >= 11 is 1.51. The van der Waals surface area contributed by atoms with Crippen molar-refractivity contribution in [2.24, 2.45) is 0 Å². The molecule has 160 valence electrons. The van der Waals surface area contributed by atoms with E-state index < -0.39 is 17.8 Å². The van der Waals surface area contributed by atoms with Gasteiger partial charge >= 0.3 is 5.97 Å². The van der Waals surface area contributed by atoms with Crippen molar-refractivity contribution in [3.05, 3.63) is 94.2 Å². The van der Waals surface area contributed by atoms with Gasteiger partial charge in [0.2, 0.25) is 0 Å². The molecule has 5 nitrogen and oxygen atoms in total. The molecule has 0 N–H and O–H groups in total. The van der Waals surface area contributed by atoms with Crippen LogP contribution < -0.4 is 0 Å². The molecule has 33 heavy (non-hydrogen) atoms. The number of amides is 2. The molecule has 5 rings (SSSR count). The number of carbonyl (C=O) groups excluding carboxylic acids is 3. The van der Waals surface area contributed by atoms with E-state index in [-0.39, 0.29) is 6.42 Å². The predicted octanol–water partition coefficient (Wildman–Crippen LogP) is 4.77. The van der Waals surface area contributed by atoms with E-state index in [4.69, 9.17) is 4.84 Å². The van der Waals surface area contributed by atoms with Gasteiger partial charge in [-0.15, -0.1) is 11.3 Å². The first-order valence-electron chi connectivity index (χ1n) is 10.4. The van der Waals surface area contributed by atoms with Crippen molar-refractivity contribution in [1.82, 2.24) is 5.06 Å². The summed E-state index contributed by atoms with van der Waals surface area (Å²) in [5.41, 5.74) is 0.996. The second-order valence-electron chi connectivity index (χ2n) is 7.48. The lowest BCUT2D eigenvalue weighted by molar-refractivity contribution is -0.196. The molecule has 6 heteroatoms. The maximum Gasteiger partial charge on any atom is 0.333 e. The lowest BCUT2D eigenvalue weighted by Gasteiger charge is -2.11. The Morgan fingerprint density at radius 3 is 2.15 bits per heavy atom. The fraction of sp³-hybridized carbons (Fsp3) is 0.0741.